The molecule has 0 saturated carbocycles. The SMILES string of the molecule is CCCCOC(C)OC(=O)c1ccccc1. The quantitative estimate of drug-likeness (QED) is 0.421. The first-order valence-electron chi connectivity index (χ1n) is 5.61. The van der Waals surface area contributed by atoms with Crippen molar-refractivity contribution in [3.63, 3.8) is 0 Å². The fraction of sp³-hybridized carbons (Fsp3) is 0.462. The molecule has 1 atom stereocenters. The zero-order valence-electron chi connectivity index (χ0n) is 9.81. The Labute approximate surface area is 96.4 Å². The van der Waals surface area contributed by atoms with E-state index in [2.05, 4.69) is 6.92 Å². The number of hydrogen-bond acceptors (Lipinski definition) is 3. The number of benzene rings is 1. The van der Waals surface area contributed by atoms with Gasteiger partial charge in [0, 0.05) is 0 Å². The molecule has 0 bridgehead atoms. The van der Waals surface area contributed by atoms with Crippen LogP contribution in [-0.4, -0.2) is 18.9 Å². The van der Waals surface area contributed by atoms with Crippen LogP contribution in [0.3, 0.4) is 0 Å². The molecule has 1 aromatic carbocycles. The summed E-state index contributed by atoms with van der Waals surface area (Å²) in [7, 11) is 0. The maximum Gasteiger partial charge on any atom is 0.340 e. The molecule has 0 aliphatic rings. The maximum atomic E-state index is 11.6. The summed E-state index contributed by atoms with van der Waals surface area (Å²) in [5.74, 6) is -0.343. The highest BCUT2D eigenvalue weighted by molar-refractivity contribution is 5.89. The van der Waals surface area contributed by atoms with Crippen molar-refractivity contribution < 1.29 is 14.3 Å². The van der Waals surface area contributed by atoms with E-state index in [1.807, 2.05) is 6.07 Å². The summed E-state index contributed by atoms with van der Waals surface area (Å²) >= 11 is 0. The molecule has 0 saturated heterocycles. The molecule has 3 heteroatoms. The highest BCUT2D eigenvalue weighted by Crippen LogP contribution is 2.05. The number of esters is 1. The van der Waals surface area contributed by atoms with Crippen molar-refractivity contribution in [1.29, 1.82) is 0 Å². The Morgan fingerprint density at radius 1 is 1.31 bits per heavy atom. The van der Waals surface area contributed by atoms with Gasteiger partial charge in [-0.05, 0) is 25.5 Å². The second-order valence-corrected chi connectivity index (χ2v) is 3.56. The molecule has 1 rings (SSSR count). The smallest absolute Gasteiger partial charge is 0.340 e. The molecule has 0 aliphatic heterocycles. The molecular formula is C13H18O3. The minimum absolute atomic E-state index is 0.343. The highest BCUT2D eigenvalue weighted by atomic mass is 16.7. The molecule has 0 amide bonds. The summed E-state index contributed by atoms with van der Waals surface area (Å²) in [6, 6.07) is 8.92. The van der Waals surface area contributed by atoms with Crippen LogP contribution in [0.2, 0.25) is 0 Å². The van der Waals surface area contributed by atoms with Gasteiger partial charge in [-0.25, -0.2) is 4.79 Å². The standard InChI is InChI=1S/C13H18O3/c1-3-4-10-15-11(2)16-13(14)12-8-6-5-7-9-12/h5-9,11H,3-4,10H2,1-2H3. The van der Waals surface area contributed by atoms with Gasteiger partial charge in [-0.15, -0.1) is 0 Å². The van der Waals surface area contributed by atoms with Crippen LogP contribution >= 0.6 is 0 Å². The third kappa shape index (κ3) is 4.45. The predicted octanol–water partition coefficient (Wildman–Crippen LogP) is 3.01. The first-order chi connectivity index (χ1) is 7.74. The van der Waals surface area contributed by atoms with E-state index in [9.17, 15) is 4.79 Å². The second kappa shape index (κ2) is 7.01. The van der Waals surface area contributed by atoms with Crippen molar-refractivity contribution in [3.8, 4) is 0 Å². The van der Waals surface area contributed by atoms with Gasteiger partial charge in [0.05, 0.1) is 12.2 Å². The summed E-state index contributed by atoms with van der Waals surface area (Å²) in [6.45, 7) is 4.44. The Morgan fingerprint density at radius 2 is 2.00 bits per heavy atom. The molecule has 3 nitrogen and oxygen atoms in total. The fourth-order valence-electron chi connectivity index (χ4n) is 1.22. The van der Waals surface area contributed by atoms with E-state index in [-0.39, 0.29) is 5.97 Å². The monoisotopic (exact) mass is 222 g/mol. The molecular weight excluding hydrogens is 204 g/mol. The maximum absolute atomic E-state index is 11.6. The first-order valence-corrected chi connectivity index (χ1v) is 5.61. The summed E-state index contributed by atoms with van der Waals surface area (Å²) < 4.78 is 10.5. The number of hydrogen-bond donors (Lipinski definition) is 0. The first kappa shape index (κ1) is 12.7. The van der Waals surface area contributed by atoms with Crippen molar-refractivity contribution in [3.05, 3.63) is 35.9 Å². The summed E-state index contributed by atoms with van der Waals surface area (Å²) in [4.78, 5) is 11.6. The van der Waals surface area contributed by atoms with Gasteiger partial charge < -0.3 is 9.47 Å². The van der Waals surface area contributed by atoms with Crippen LogP contribution in [0.25, 0.3) is 0 Å². The molecule has 88 valence electrons. The third-order valence-electron chi connectivity index (χ3n) is 2.13. The molecule has 0 fully saturated rings. The summed E-state index contributed by atoms with van der Waals surface area (Å²) in [6.07, 6.45) is 1.56. The van der Waals surface area contributed by atoms with Gasteiger partial charge in [0.2, 0.25) is 0 Å². The molecule has 0 aliphatic carbocycles. The lowest BCUT2D eigenvalue weighted by atomic mass is 10.2. The van der Waals surface area contributed by atoms with Crippen LogP contribution in [0, 0.1) is 0 Å². The normalized spacial score (nSPS) is 12.1. The molecule has 0 N–H and O–H groups in total. The summed E-state index contributed by atoms with van der Waals surface area (Å²) in [5.41, 5.74) is 0.549. The largest absolute Gasteiger partial charge is 0.432 e. The molecule has 1 aromatic rings. The number of ether oxygens (including phenoxy) is 2. The van der Waals surface area contributed by atoms with Gasteiger partial charge in [0.25, 0.3) is 0 Å². The molecule has 1 unspecified atom stereocenters. The van der Waals surface area contributed by atoms with Gasteiger partial charge in [0.15, 0.2) is 6.29 Å². The number of rotatable bonds is 6. The van der Waals surface area contributed by atoms with Gasteiger partial charge >= 0.3 is 5.97 Å². The molecule has 0 heterocycles. The zero-order valence-corrected chi connectivity index (χ0v) is 9.81. The number of carbonyl (C=O) groups is 1. The molecule has 0 aromatic heterocycles. The Hall–Kier alpha value is -1.35. The number of unbranched alkanes of at least 4 members (excludes halogenated alkanes) is 1. The van der Waals surface area contributed by atoms with Gasteiger partial charge in [-0.1, -0.05) is 31.5 Å². The van der Waals surface area contributed by atoms with Crippen molar-refractivity contribution in [2.24, 2.45) is 0 Å². The Bertz CT molecular complexity index is 308. The number of carbonyl (C=O) groups excluding carboxylic acids is 1. The van der Waals surface area contributed by atoms with E-state index in [0.29, 0.717) is 12.2 Å². The van der Waals surface area contributed by atoms with Crippen LogP contribution in [0.15, 0.2) is 30.3 Å². The van der Waals surface area contributed by atoms with Crippen LogP contribution in [0.5, 0.6) is 0 Å². The lowest BCUT2D eigenvalue weighted by molar-refractivity contribution is -0.0985. The minimum atomic E-state index is -0.487. The van der Waals surface area contributed by atoms with Gasteiger partial charge in [0.1, 0.15) is 0 Å². The second-order valence-electron chi connectivity index (χ2n) is 3.56. The average molecular weight is 222 g/mol. The van der Waals surface area contributed by atoms with E-state index in [1.165, 1.54) is 0 Å². The van der Waals surface area contributed by atoms with Gasteiger partial charge in [-0.2, -0.15) is 0 Å². The van der Waals surface area contributed by atoms with Gasteiger partial charge in [-0.3, -0.25) is 0 Å². The minimum Gasteiger partial charge on any atom is -0.432 e. The van der Waals surface area contributed by atoms with Crippen LogP contribution in [0.4, 0.5) is 0 Å². The zero-order chi connectivity index (χ0) is 11.8. The van der Waals surface area contributed by atoms with Crippen LogP contribution < -0.4 is 0 Å². The van der Waals surface area contributed by atoms with Crippen molar-refractivity contribution in [2.45, 2.75) is 33.0 Å². The van der Waals surface area contributed by atoms with Crippen molar-refractivity contribution in [1.82, 2.24) is 0 Å². The van der Waals surface area contributed by atoms with E-state index in [4.69, 9.17) is 9.47 Å². The average Bonchev–Trinajstić information content (AvgIpc) is 2.30. The highest BCUT2D eigenvalue weighted by Gasteiger charge is 2.10. The van der Waals surface area contributed by atoms with E-state index >= 15 is 0 Å². The predicted molar refractivity (Wildman–Crippen MR) is 62.2 cm³/mol. The van der Waals surface area contributed by atoms with Crippen LogP contribution in [0.1, 0.15) is 37.0 Å². The Balaban J connectivity index is 2.34. The summed E-state index contributed by atoms with van der Waals surface area (Å²) in [5, 5.41) is 0. The lowest BCUT2D eigenvalue weighted by Gasteiger charge is -2.13. The van der Waals surface area contributed by atoms with E-state index in [0.717, 1.165) is 12.8 Å². The fourth-order valence-corrected chi connectivity index (χ4v) is 1.22. The Kier molecular flexibility index (Phi) is 5.57. The molecule has 0 radical (unpaired) electrons. The van der Waals surface area contributed by atoms with Crippen molar-refractivity contribution >= 4 is 5.97 Å². The van der Waals surface area contributed by atoms with E-state index < -0.39 is 6.29 Å². The molecule has 16 heavy (non-hydrogen) atoms. The Morgan fingerprint density at radius 3 is 2.62 bits per heavy atom. The van der Waals surface area contributed by atoms with Crippen LogP contribution in [-0.2, 0) is 9.47 Å². The van der Waals surface area contributed by atoms with E-state index in [1.54, 1.807) is 31.2 Å². The third-order valence-corrected chi connectivity index (χ3v) is 2.13. The van der Waals surface area contributed by atoms with Crippen molar-refractivity contribution in [2.75, 3.05) is 6.61 Å². The lowest BCUT2D eigenvalue weighted by Crippen LogP contribution is -2.18. The molecule has 0 spiro atoms. The topological polar surface area (TPSA) is 35.5 Å².